The molecule has 0 aliphatic heterocycles. The monoisotopic (exact) mass is 272 g/mol. The van der Waals surface area contributed by atoms with Crippen LogP contribution in [0.2, 0.25) is 0 Å². The average Bonchev–Trinajstić information content (AvgIpc) is 3.25. The molecule has 4 heteroatoms. The molecule has 0 spiro atoms. The zero-order valence-electron chi connectivity index (χ0n) is 12.0. The fourth-order valence-corrected chi connectivity index (χ4v) is 2.48. The van der Waals surface area contributed by atoms with E-state index in [1.165, 1.54) is 0 Å². The zero-order valence-corrected chi connectivity index (χ0v) is 12.0. The van der Waals surface area contributed by atoms with Crippen molar-refractivity contribution in [1.29, 1.82) is 0 Å². The van der Waals surface area contributed by atoms with Crippen LogP contribution >= 0.6 is 0 Å². The number of anilines is 1. The molecule has 2 saturated carbocycles. The zero-order chi connectivity index (χ0) is 14.3. The van der Waals surface area contributed by atoms with Gasteiger partial charge in [-0.15, -0.1) is 0 Å². The molecule has 4 nitrogen and oxygen atoms in total. The molecular formula is C16H20N2O2. The molecule has 2 N–H and O–H groups in total. The number of rotatable bonds is 4. The van der Waals surface area contributed by atoms with Crippen LogP contribution in [0.4, 0.5) is 5.69 Å². The molecule has 2 fully saturated rings. The Bertz CT molecular complexity index is 552. The van der Waals surface area contributed by atoms with Crippen LogP contribution in [0.3, 0.4) is 0 Å². The summed E-state index contributed by atoms with van der Waals surface area (Å²) in [5.74, 6) is -0.253. The van der Waals surface area contributed by atoms with Crippen molar-refractivity contribution in [2.24, 2.45) is 5.41 Å². The molecule has 106 valence electrons. The highest BCUT2D eigenvalue weighted by Crippen LogP contribution is 2.47. The molecule has 2 aliphatic rings. The van der Waals surface area contributed by atoms with E-state index >= 15 is 0 Å². The lowest BCUT2D eigenvalue weighted by Crippen LogP contribution is -2.41. The Morgan fingerprint density at radius 2 is 1.70 bits per heavy atom. The largest absolute Gasteiger partial charge is 0.352 e. The Hall–Kier alpha value is -1.84. The van der Waals surface area contributed by atoms with Crippen molar-refractivity contribution in [3.8, 4) is 0 Å². The van der Waals surface area contributed by atoms with Gasteiger partial charge in [-0.05, 0) is 50.7 Å². The van der Waals surface area contributed by atoms with Gasteiger partial charge >= 0.3 is 0 Å². The summed E-state index contributed by atoms with van der Waals surface area (Å²) >= 11 is 0. The third-order valence-electron chi connectivity index (χ3n) is 4.25. The number of benzene rings is 1. The molecule has 0 unspecified atom stereocenters. The van der Waals surface area contributed by atoms with Crippen molar-refractivity contribution in [2.45, 2.75) is 45.6 Å². The first-order chi connectivity index (χ1) is 9.53. The second kappa shape index (κ2) is 4.62. The third-order valence-corrected chi connectivity index (χ3v) is 4.25. The first-order valence-electron chi connectivity index (χ1n) is 7.21. The summed E-state index contributed by atoms with van der Waals surface area (Å²) in [5.41, 5.74) is 2.06. The van der Waals surface area contributed by atoms with Crippen LogP contribution in [0.15, 0.2) is 18.2 Å². The fraction of sp³-hybridized carbons (Fsp3) is 0.500. The quantitative estimate of drug-likeness (QED) is 0.826. The standard InChI is InChI=1S/C16H20N2O2/c1-10-4-3-5-11(2)13(10)18-15(20)16(8-9-16)14(19)17-12-6-7-12/h3-5,12H,6-9H2,1-2H3,(H,17,19)(H,18,20). The van der Waals surface area contributed by atoms with Crippen LogP contribution in [0.1, 0.15) is 36.8 Å². The second-order valence-corrected chi connectivity index (χ2v) is 6.05. The van der Waals surface area contributed by atoms with Gasteiger partial charge in [-0.2, -0.15) is 0 Å². The van der Waals surface area contributed by atoms with Crippen molar-refractivity contribution in [2.75, 3.05) is 5.32 Å². The molecule has 1 aromatic rings. The van der Waals surface area contributed by atoms with Crippen molar-refractivity contribution in [3.05, 3.63) is 29.3 Å². The van der Waals surface area contributed by atoms with Gasteiger partial charge in [0, 0.05) is 11.7 Å². The van der Waals surface area contributed by atoms with Gasteiger partial charge in [0.1, 0.15) is 5.41 Å². The van der Waals surface area contributed by atoms with Crippen LogP contribution in [0, 0.1) is 19.3 Å². The van der Waals surface area contributed by atoms with E-state index in [0.29, 0.717) is 18.9 Å². The van der Waals surface area contributed by atoms with Gasteiger partial charge in [0.25, 0.3) is 0 Å². The maximum atomic E-state index is 12.5. The minimum absolute atomic E-state index is 0.0938. The van der Waals surface area contributed by atoms with Crippen molar-refractivity contribution >= 4 is 17.5 Å². The summed E-state index contributed by atoms with van der Waals surface area (Å²) in [5, 5.41) is 5.91. The predicted molar refractivity (Wildman–Crippen MR) is 77.4 cm³/mol. The van der Waals surface area contributed by atoms with E-state index in [9.17, 15) is 9.59 Å². The molecule has 0 bridgehead atoms. The lowest BCUT2D eigenvalue weighted by molar-refractivity contribution is -0.134. The molecule has 0 heterocycles. The normalized spacial score (nSPS) is 19.3. The Balaban J connectivity index is 1.74. The first kappa shape index (κ1) is 13.2. The summed E-state index contributed by atoms with van der Waals surface area (Å²) in [6.07, 6.45) is 3.39. The maximum Gasteiger partial charge on any atom is 0.240 e. The van der Waals surface area contributed by atoms with Gasteiger partial charge in [-0.1, -0.05) is 18.2 Å². The number of nitrogens with one attached hydrogen (secondary N) is 2. The molecule has 3 rings (SSSR count). The molecule has 0 atom stereocenters. The van der Waals surface area contributed by atoms with E-state index in [-0.39, 0.29) is 11.8 Å². The maximum absolute atomic E-state index is 12.5. The Labute approximate surface area is 118 Å². The number of hydrogen-bond donors (Lipinski definition) is 2. The van der Waals surface area contributed by atoms with Crippen molar-refractivity contribution < 1.29 is 9.59 Å². The number of hydrogen-bond acceptors (Lipinski definition) is 2. The van der Waals surface area contributed by atoms with E-state index in [0.717, 1.165) is 29.7 Å². The van der Waals surface area contributed by atoms with Crippen molar-refractivity contribution in [1.82, 2.24) is 5.32 Å². The van der Waals surface area contributed by atoms with Crippen molar-refractivity contribution in [3.63, 3.8) is 0 Å². The van der Waals surface area contributed by atoms with Crippen LogP contribution in [-0.2, 0) is 9.59 Å². The topological polar surface area (TPSA) is 58.2 Å². The lowest BCUT2D eigenvalue weighted by Gasteiger charge is -2.17. The Kier molecular flexibility index (Phi) is 3.04. The number of para-hydroxylation sites is 1. The highest BCUT2D eigenvalue weighted by Gasteiger charge is 2.57. The van der Waals surface area contributed by atoms with E-state index in [4.69, 9.17) is 0 Å². The molecule has 20 heavy (non-hydrogen) atoms. The van der Waals surface area contributed by atoms with Gasteiger partial charge in [0.2, 0.25) is 11.8 Å². The average molecular weight is 272 g/mol. The van der Waals surface area contributed by atoms with Gasteiger partial charge in [-0.25, -0.2) is 0 Å². The van der Waals surface area contributed by atoms with E-state index < -0.39 is 5.41 Å². The summed E-state index contributed by atoms with van der Waals surface area (Å²) in [4.78, 5) is 24.7. The molecule has 0 aromatic heterocycles. The molecule has 0 saturated heterocycles. The molecule has 2 amide bonds. The smallest absolute Gasteiger partial charge is 0.240 e. The molecule has 2 aliphatic carbocycles. The van der Waals surface area contributed by atoms with Gasteiger partial charge in [0.05, 0.1) is 0 Å². The first-order valence-corrected chi connectivity index (χ1v) is 7.21. The highest BCUT2D eigenvalue weighted by atomic mass is 16.2. The summed E-state index contributed by atoms with van der Waals surface area (Å²) in [6.45, 7) is 3.93. The van der Waals surface area contributed by atoms with Gasteiger partial charge < -0.3 is 10.6 Å². The van der Waals surface area contributed by atoms with Crippen LogP contribution < -0.4 is 10.6 Å². The van der Waals surface area contributed by atoms with Crippen LogP contribution in [-0.4, -0.2) is 17.9 Å². The van der Waals surface area contributed by atoms with Gasteiger partial charge in [-0.3, -0.25) is 9.59 Å². The Morgan fingerprint density at radius 1 is 1.10 bits per heavy atom. The number of carbonyl (C=O) groups is 2. The molecule has 0 radical (unpaired) electrons. The predicted octanol–water partition coefficient (Wildman–Crippen LogP) is 2.30. The highest BCUT2D eigenvalue weighted by molar-refractivity contribution is 6.13. The minimum atomic E-state index is -0.822. The van der Waals surface area contributed by atoms with Gasteiger partial charge in [0.15, 0.2) is 0 Å². The summed E-state index contributed by atoms with van der Waals surface area (Å²) in [7, 11) is 0. The van der Waals surface area contributed by atoms with E-state index in [1.807, 2.05) is 32.0 Å². The number of carbonyl (C=O) groups excluding carboxylic acids is 2. The second-order valence-electron chi connectivity index (χ2n) is 6.05. The molecular weight excluding hydrogens is 252 g/mol. The van der Waals surface area contributed by atoms with Crippen LogP contribution in [0.5, 0.6) is 0 Å². The molecule has 1 aromatic carbocycles. The summed E-state index contributed by atoms with van der Waals surface area (Å²) in [6, 6.07) is 6.19. The number of amides is 2. The third kappa shape index (κ3) is 2.30. The minimum Gasteiger partial charge on any atom is -0.352 e. The van der Waals surface area contributed by atoms with E-state index in [1.54, 1.807) is 0 Å². The summed E-state index contributed by atoms with van der Waals surface area (Å²) < 4.78 is 0. The van der Waals surface area contributed by atoms with Crippen LogP contribution in [0.25, 0.3) is 0 Å². The fourth-order valence-electron chi connectivity index (χ4n) is 2.48. The lowest BCUT2D eigenvalue weighted by atomic mass is 10.0. The number of aryl methyl sites for hydroxylation is 2. The SMILES string of the molecule is Cc1cccc(C)c1NC(=O)C1(C(=O)NC2CC2)CC1. The Morgan fingerprint density at radius 3 is 2.20 bits per heavy atom. The van der Waals surface area contributed by atoms with E-state index in [2.05, 4.69) is 10.6 Å².